The van der Waals surface area contributed by atoms with Gasteiger partial charge in [0, 0.05) is 24.3 Å². The monoisotopic (exact) mass is 510 g/mol. The van der Waals surface area contributed by atoms with E-state index in [0.29, 0.717) is 5.69 Å². The van der Waals surface area contributed by atoms with Crippen molar-refractivity contribution in [2.75, 3.05) is 38.0 Å². The molecule has 3 rings (SSSR count). The normalized spacial score (nSPS) is 12.9. The summed E-state index contributed by atoms with van der Waals surface area (Å²) in [6.07, 6.45) is -0.818. The van der Waals surface area contributed by atoms with Crippen LogP contribution in [0.1, 0.15) is 15.9 Å². The molecular weight excluding hydrogens is 484 g/mol. The maximum atomic E-state index is 12.5. The average molecular weight is 511 g/mol. The van der Waals surface area contributed by atoms with E-state index < -0.39 is 36.3 Å². The fraction of sp³-hybridized carbons (Fsp3) is 0.250. The van der Waals surface area contributed by atoms with Crippen LogP contribution in [0.25, 0.3) is 0 Å². The second kappa shape index (κ2) is 12.7. The number of piperazine rings is 1. The van der Waals surface area contributed by atoms with E-state index in [1.165, 1.54) is 28.0 Å². The number of aliphatic carboxylic acids is 1. The van der Waals surface area contributed by atoms with Gasteiger partial charge in [0.1, 0.15) is 13.2 Å². The number of benzene rings is 2. The summed E-state index contributed by atoms with van der Waals surface area (Å²) in [7, 11) is 0. The number of hydrogen-bond acceptors (Lipinski definition) is 7. The molecule has 194 valence electrons. The maximum Gasteiger partial charge on any atom is 0.414 e. The minimum atomic E-state index is -1.18. The zero-order chi connectivity index (χ0) is 26.8. The van der Waals surface area contributed by atoms with Gasteiger partial charge in [-0.3, -0.25) is 29.9 Å². The van der Waals surface area contributed by atoms with Gasteiger partial charge in [-0.25, -0.2) is 4.79 Å². The van der Waals surface area contributed by atoms with E-state index in [0.717, 1.165) is 5.56 Å². The summed E-state index contributed by atoms with van der Waals surface area (Å²) in [4.78, 5) is 62.2. The number of alkyl carbamates (subject to hydrolysis) is 1. The zero-order valence-electron chi connectivity index (χ0n) is 19.7. The SMILES string of the molecule is N=C(NC(=O)OCc1ccccc1)N1CCN(CC(=O)Nc2cccc(C(=O)NCC(=O)O)c2)C(=O)C1. The fourth-order valence-corrected chi connectivity index (χ4v) is 3.37. The van der Waals surface area contributed by atoms with E-state index in [2.05, 4.69) is 16.0 Å². The fourth-order valence-electron chi connectivity index (χ4n) is 3.37. The summed E-state index contributed by atoms with van der Waals surface area (Å²) >= 11 is 0. The van der Waals surface area contributed by atoms with Crippen LogP contribution in [0.3, 0.4) is 0 Å². The molecule has 0 atom stereocenters. The van der Waals surface area contributed by atoms with E-state index in [4.69, 9.17) is 15.3 Å². The Labute approximate surface area is 211 Å². The number of ether oxygens (including phenoxy) is 1. The van der Waals surface area contributed by atoms with Crippen molar-refractivity contribution >= 4 is 41.4 Å². The van der Waals surface area contributed by atoms with Crippen LogP contribution in [-0.4, -0.2) is 83.4 Å². The van der Waals surface area contributed by atoms with Crippen LogP contribution < -0.4 is 16.0 Å². The Morgan fingerprint density at radius 1 is 1.03 bits per heavy atom. The molecule has 0 spiro atoms. The van der Waals surface area contributed by atoms with Gasteiger partial charge in [-0.2, -0.15) is 0 Å². The number of carboxylic acid groups (broad SMARTS) is 1. The van der Waals surface area contributed by atoms with Crippen molar-refractivity contribution in [1.82, 2.24) is 20.4 Å². The van der Waals surface area contributed by atoms with Crippen LogP contribution in [0, 0.1) is 5.41 Å². The highest BCUT2D eigenvalue weighted by atomic mass is 16.5. The summed E-state index contributed by atoms with van der Waals surface area (Å²) in [5, 5.41) is 23.8. The van der Waals surface area contributed by atoms with E-state index in [1.54, 1.807) is 18.2 Å². The predicted molar refractivity (Wildman–Crippen MR) is 131 cm³/mol. The highest BCUT2D eigenvalue weighted by molar-refractivity contribution is 5.99. The lowest BCUT2D eigenvalue weighted by molar-refractivity contribution is -0.137. The summed E-state index contributed by atoms with van der Waals surface area (Å²) in [6, 6.07) is 15.0. The molecule has 1 saturated heterocycles. The van der Waals surface area contributed by atoms with Gasteiger partial charge in [-0.05, 0) is 23.8 Å². The van der Waals surface area contributed by atoms with Crippen LogP contribution in [0.2, 0.25) is 0 Å². The number of carbonyl (C=O) groups is 5. The number of guanidine groups is 1. The van der Waals surface area contributed by atoms with Gasteiger partial charge in [-0.15, -0.1) is 0 Å². The Morgan fingerprint density at radius 3 is 2.49 bits per heavy atom. The molecule has 0 bridgehead atoms. The molecule has 37 heavy (non-hydrogen) atoms. The van der Waals surface area contributed by atoms with E-state index in [-0.39, 0.29) is 44.3 Å². The number of hydrogen-bond donors (Lipinski definition) is 5. The van der Waals surface area contributed by atoms with Crippen molar-refractivity contribution in [3.63, 3.8) is 0 Å². The molecule has 2 aromatic carbocycles. The molecule has 1 aliphatic heterocycles. The van der Waals surface area contributed by atoms with Crippen LogP contribution >= 0.6 is 0 Å². The number of amides is 4. The molecule has 1 fully saturated rings. The quantitative estimate of drug-likeness (QED) is 0.251. The van der Waals surface area contributed by atoms with Gasteiger partial charge in [0.2, 0.25) is 17.8 Å². The summed E-state index contributed by atoms with van der Waals surface area (Å²) in [6.45, 7) is -0.585. The first-order valence-corrected chi connectivity index (χ1v) is 11.2. The van der Waals surface area contributed by atoms with E-state index in [1.807, 2.05) is 18.2 Å². The van der Waals surface area contributed by atoms with Gasteiger partial charge < -0.3 is 30.3 Å². The summed E-state index contributed by atoms with van der Waals surface area (Å²) in [5.74, 6) is -2.98. The first-order valence-electron chi connectivity index (χ1n) is 11.2. The Hall–Kier alpha value is -4.94. The van der Waals surface area contributed by atoms with E-state index in [9.17, 15) is 24.0 Å². The van der Waals surface area contributed by atoms with Gasteiger partial charge >= 0.3 is 12.1 Å². The highest BCUT2D eigenvalue weighted by Gasteiger charge is 2.28. The number of nitrogens with zero attached hydrogens (tertiary/aromatic N) is 2. The minimum Gasteiger partial charge on any atom is -0.480 e. The number of anilines is 1. The molecule has 0 radical (unpaired) electrons. The lowest BCUT2D eigenvalue weighted by atomic mass is 10.2. The van der Waals surface area contributed by atoms with Crippen molar-refractivity contribution in [2.24, 2.45) is 0 Å². The summed E-state index contributed by atoms with van der Waals surface area (Å²) in [5.41, 5.74) is 1.26. The largest absolute Gasteiger partial charge is 0.480 e. The molecule has 13 nitrogen and oxygen atoms in total. The molecule has 2 aromatic rings. The number of carboxylic acids is 1. The molecule has 13 heteroatoms. The first kappa shape index (κ1) is 26.7. The van der Waals surface area contributed by atoms with Crippen LogP contribution in [0.15, 0.2) is 54.6 Å². The third kappa shape index (κ3) is 8.35. The van der Waals surface area contributed by atoms with Crippen LogP contribution in [-0.2, 0) is 25.7 Å². The molecule has 4 amide bonds. The highest BCUT2D eigenvalue weighted by Crippen LogP contribution is 2.11. The van der Waals surface area contributed by atoms with Crippen molar-refractivity contribution in [3.8, 4) is 0 Å². The van der Waals surface area contributed by atoms with Gasteiger partial charge in [-0.1, -0.05) is 36.4 Å². The molecule has 0 saturated carbocycles. The van der Waals surface area contributed by atoms with Gasteiger partial charge in [0.05, 0.1) is 13.1 Å². The number of rotatable bonds is 8. The second-order valence-corrected chi connectivity index (χ2v) is 7.98. The van der Waals surface area contributed by atoms with Crippen molar-refractivity contribution in [1.29, 1.82) is 5.41 Å². The Balaban J connectivity index is 1.44. The van der Waals surface area contributed by atoms with Crippen LogP contribution in [0.4, 0.5) is 10.5 Å². The Kier molecular flexibility index (Phi) is 9.13. The molecule has 0 aromatic heterocycles. The lowest BCUT2D eigenvalue weighted by Crippen LogP contribution is -2.56. The number of nitrogens with one attached hydrogen (secondary N) is 4. The lowest BCUT2D eigenvalue weighted by Gasteiger charge is -2.34. The number of carbonyl (C=O) groups excluding carboxylic acids is 4. The van der Waals surface area contributed by atoms with E-state index >= 15 is 0 Å². The molecule has 0 unspecified atom stereocenters. The predicted octanol–water partition coefficient (Wildman–Crippen LogP) is 0.445. The molecular formula is C24H26N6O7. The van der Waals surface area contributed by atoms with Crippen LogP contribution in [0.5, 0.6) is 0 Å². The zero-order valence-corrected chi connectivity index (χ0v) is 19.7. The topological polar surface area (TPSA) is 181 Å². The molecule has 0 aliphatic carbocycles. The molecule has 1 aliphatic rings. The standard InChI is InChI=1S/C24H26N6O7/c25-23(28-24(36)37-15-16-5-2-1-3-6-16)30-10-9-29(20(32)14-30)13-19(31)27-18-8-4-7-17(11-18)22(35)26-12-21(33)34/h1-8,11H,9-10,12-15H2,(H,26,35)(H,27,31)(H,33,34)(H2,25,28,36). The summed E-state index contributed by atoms with van der Waals surface area (Å²) < 4.78 is 5.08. The second-order valence-electron chi connectivity index (χ2n) is 7.98. The van der Waals surface area contributed by atoms with Gasteiger partial charge in [0.25, 0.3) is 5.91 Å². The Bertz CT molecular complexity index is 1190. The average Bonchev–Trinajstić information content (AvgIpc) is 2.88. The molecule has 5 N–H and O–H groups in total. The van der Waals surface area contributed by atoms with Crippen molar-refractivity contribution < 1.29 is 33.8 Å². The van der Waals surface area contributed by atoms with Crippen molar-refractivity contribution in [2.45, 2.75) is 6.61 Å². The van der Waals surface area contributed by atoms with Crippen molar-refractivity contribution in [3.05, 3.63) is 65.7 Å². The smallest absolute Gasteiger partial charge is 0.414 e. The Morgan fingerprint density at radius 2 is 1.78 bits per heavy atom. The minimum absolute atomic E-state index is 0.0394. The third-order valence-corrected chi connectivity index (χ3v) is 5.21. The van der Waals surface area contributed by atoms with Gasteiger partial charge in [0.15, 0.2) is 0 Å². The first-order chi connectivity index (χ1) is 17.7. The molecule has 1 heterocycles. The maximum absolute atomic E-state index is 12.5. The third-order valence-electron chi connectivity index (χ3n) is 5.21.